The lowest BCUT2D eigenvalue weighted by atomic mass is 9.97. The molecular formula is C33H40O21. The molecule has 0 radical (unpaired) electrons. The molecule has 21 heteroatoms. The molecule has 4 heterocycles. The number of hydrogen-bond donors (Lipinski definition) is 13. The highest BCUT2D eigenvalue weighted by atomic mass is 16.8. The molecule has 54 heavy (non-hydrogen) atoms. The van der Waals surface area contributed by atoms with E-state index >= 15 is 0 Å². The van der Waals surface area contributed by atoms with Gasteiger partial charge < -0.3 is 99.2 Å². The molecule has 3 aromatic rings. The highest BCUT2D eigenvalue weighted by Gasteiger charge is 2.51. The van der Waals surface area contributed by atoms with Gasteiger partial charge in [-0.15, -0.1) is 0 Å². The molecule has 2 aromatic carbocycles. The summed E-state index contributed by atoms with van der Waals surface area (Å²) >= 11 is 0. The van der Waals surface area contributed by atoms with Gasteiger partial charge in [-0.3, -0.25) is 4.79 Å². The van der Waals surface area contributed by atoms with E-state index in [-0.39, 0.29) is 28.4 Å². The first-order chi connectivity index (χ1) is 25.7. The molecule has 3 saturated heterocycles. The minimum Gasteiger partial charge on any atom is -0.508 e. The number of aromatic hydroxyl groups is 2. The van der Waals surface area contributed by atoms with Crippen LogP contribution in [-0.2, 0) is 18.9 Å². The summed E-state index contributed by atoms with van der Waals surface area (Å²) in [4.78, 5) is 14.0. The summed E-state index contributed by atoms with van der Waals surface area (Å²) in [5.74, 6) is -2.34. The summed E-state index contributed by atoms with van der Waals surface area (Å²) in [5, 5.41) is 133. The van der Waals surface area contributed by atoms with Crippen molar-refractivity contribution in [3.63, 3.8) is 0 Å². The van der Waals surface area contributed by atoms with E-state index in [4.69, 9.17) is 32.8 Å². The van der Waals surface area contributed by atoms with Crippen LogP contribution in [0.2, 0.25) is 0 Å². The molecule has 7 unspecified atom stereocenters. The summed E-state index contributed by atoms with van der Waals surface area (Å²) in [6.07, 6.45) is -26.5. The average molecular weight is 773 g/mol. The van der Waals surface area contributed by atoms with Crippen molar-refractivity contribution in [3.05, 3.63) is 46.6 Å². The molecule has 6 rings (SSSR count). The zero-order valence-corrected chi connectivity index (χ0v) is 27.8. The van der Waals surface area contributed by atoms with Gasteiger partial charge in [0.15, 0.2) is 18.2 Å². The van der Waals surface area contributed by atoms with E-state index < -0.39 is 134 Å². The Balaban J connectivity index is 1.38. The first-order valence-electron chi connectivity index (χ1n) is 16.5. The Kier molecular flexibility index (Phi) is 11.9. The second kappa shape index (κ2) is 16.2. The summed E-state index contributed by atoms with van der Waals surface area (Å²) in [5.41, 5.74) is -1.33. The van der Waals surface area contributed by atoms with E-state index in [9.17, 15) is 71.2 Å². The van der Waals surface area contributed by atoms with Crippen LogP contribution in [0.4, 0.5) is 0 Å². The van der Waals surface area contributed by atoms with Crippen LogP contribution in [0.1, 0.15) is 0 Å². The molecule has 0 saturated carbocycles. The minimum absolute atomic E-state index is 0.101. The molecule has 1 aromatic heterocycles. The highest BCUT2D eigenvalue weighted by Crippen LogP contribution is 2.39. The number of phenols is 2. The van der Waals surface area contributed by atoms with Gasteiger partial charge in [-0.2, -0.15) is 0 Å². The van der Waals surface area contributed by atoms with Crippen molar-refractivity contribution < 1.29 is 99.2 Å². The normalized spacial score (nSPS) is 37.3. The van der Waals surface area contributed by atoms with Gasteiger partial charge in [-0.05, 0) is 24.3 Å². The number of aliphatic hydroxyl groups is 11. The third-order valence-corrected chi connectivity index (χ3v) is 9.33. The third-order valence-electron chi connectivity index (χ3n) is 9.33. The van der Waals surface area contributed by atoms with Crippen molar-refractivity contribution in [2.45, 2.75) is 92.1 Å². The number of rotatable bonds is 10. The van der Waals surface area contributed by atoms with Gasteiger partial charge in [0.05, 0.1) is 19.8 Å². The predicted octanol–water partition coefficient (Wildman–Crippen LogP) is -4.95. The Morgan fingerprint density at radius 2 is 1.11 bits per heavy atom. The van der Waals surface area contributed by atoms with E-state index in [1.54, 1.807) is 0 Å². The number of fused-ring (bicyclic) bond motifs is 1. The lowest BCUT2D eigenvalue weighted by molar-refractivity contribution is -0.357. The molecule has 3 fully saturated rings. The smallest absolute Gasteiger partial charge is 0.239 e. The topological polar surface area (TPSA) is 349 Å². The molecule has 15 atom stereocenters. The first-order valence-corrected chi connectivity index (χ1v) is 16.5. The molecule has 13 N–H and O–H groups in total. The minimum atomic E-state index is -1.94. The van der Waals surface area contributed by atoms with Gasteiger partial charge in [0, 0.05) is 17.7 Å². The van der Waals surface area contributed by atoms with Gasteiger partial charge in [-0.1, -0.05) is 0 Å². The first kappa shape index (κ1) is 39.9. The van der Waals surface area contributed by atoms with E-state index in [0.29, 0.717) is 0 Å². The summed E-state index contributed by atoms with van der Waals surface area (Å²) in [7, 11) is 0. The Morgan fingerprint density at radius 1 is 0.593 bits per heavy atom. The highest BCUT2D eigenvalue weighted by molar-refractivity contribution is 5.88. The van der Waals surface area contributed by atoms with Crippen LogP contribution in [-0.4, -0.2) is 178 Å². The number of benzene rings is 2. The van der Waals surface area contributed by atoms with Gasteiger partial charge in [0.1, 0.15) is 95.4 Å². The monoisotopic (exact) mass is 772 g/mol. The van der Waals surface area contributed by atoms with Crippen molar-refractivity contribution in [3.8, 4) is 34.3 Å². The molecule has 0 aliphatic carbocycles. The average Bonchev–Trinajstić information content (AvgIpc) is 3.15. The Labute approximate surface area is 303 Å². The fraction of sp³-hybridized carbons (Fsp3) is 0.545. The standard InChI is InChI=1S/C33H40O21/c34-7-15-19(39)23(43)26(46)31(50-15)53-29-22(42)18-13(38)5-12(6-14(18)49-28(29)10-1-3-11(37)4-2-10)48-33-30(25(45)21(41)17(9-36)52-33)54-32-27(47)24(44)20(40)16(8-35)51-32/h1-6,15-17,19-21,23-27,30-41,43-47H,7-9H2/t15?,16?,17?,19-,20-,21+,23?,24+,25+,26?,27?,30?,31+,32+,33-/m1/s1. The Bertz CT molecular complexity index is 1800. The van der Waals surface area contributed by atoms with Crippen LogP contribution in [0.25, 0.3) is 22.3 Å². The summed E-state index contributed by atoms with van der Waals surface area (Å²) in [6.45, 7) is -2.46. The quantitative estimate of drug-likeness (QED) is 0.0918. The lowest BCUT2D eigenvalue weighted by Crippen LogP contribution is -2.65. The maximum Gasteiger partial charge on any atom is 0.239 e. The van der Waals surface area contributed by atoms with Crippen molar-refractivity contribution in [2.75, 3.05) is 19.8 Å². The Morgan fingerprint density at radius 3 is 1.69 bits per heavy atom. The van der Waals surface area contributed by atoms with Crippen LogP contribution in [0, 0.1) is 0 Å². The SMILES string of the molecule is O=c1c(O[C@@H]2OC(CO)[C@@H](O)C(O)C2O)c(-c2ccc(O)cc2)oc2cc(O[C@@H]3OC(CO)[C@H](O)[C@H](O)C3O[C@@H]3OC(CO)[C@@H](O)[C@H](O)C3O)cc(O)c12. The molecule has 3 aliphatic heterocycles. The number of ether oxygens (including phenoxy) is 6. The van der Waals surface area contributed by atoms with Crippen LogP contribution in [0.3, 0.4) is 0 Å². The second-order valence-corrected chi connectivity index (χ2v) is 12.9. The molecule has 298 valence electrons. The molecule has 3 aliphatic rings. The maximum atomic E-state index is 14.0. The van der Waals surface area contributed by atoms with E-state index in [0.717, 1.165) is 12.1 Å². The van der Waals surface area contributed by atoms with Crippen LogP contribution < -0.4 is 14.9 Å². The van der Waals surface area contributed by atoms with Gasteiger partial charge in [0.2, 0.25) is 23.8 Å². The summed E-state index contributed by atoms with van der Waals surface area (Å²) in [6, 6.07) is 7.09. The maximum absolute atomic E-state index is 14.0. The second-order valence-electron chi connectivity index (χ2n) is 12.9. The zero-order chi connectivity index (χ0) is 39.2. The third kappa shape index (κ3) is 7.45. The lowest BCUT2D eigenvalue weighted by Gasteiger charge is -2.45. The fourth-order valence-electron chi connectivity index (χ4n) is 6.28. The molecular weight excluding hydrogens is 732 g/mol. The van der Waals surface area contributed by atoms with Crippen LogP contribution in [0.5, 0.6) is 23.0 Å². The van der Waals surface area contributed by atoms with Crippen molar-refractivity contribution in [2.24, 2.45) is 0 Å². The van der Waals surface area contributed by atoms with Gasteiger partial charge >= 0.3 is 0 Å². The number of hydrogen-bond acceptors (Lipinski definition) is 21. The molecule has 21 nitrogen and oxygen atoms in total. The van der Waals surface area contributed by atoms with Crippen molar-refractivity contribution in [1.29, 1.82) is 0 Å². The predicted molar refractivity (Wildman–Crippen MR) is 173 cm³/mol. The van der Waals surface area contributed by atoms with E-state index in [1.807, 2.05) is 0 Å². The molecule has 0 spiro atoms. The largest absolute Gasteiger partial charge is 0.508 e. The fourth-order valence-corrected chi connectivity index (χ4v) is 6.28. The van der Waals surface area contributed by atoms with Crippen LogP contribution >= 0.6 is 0 Å². The van der Waals surface area contributed by atoms with E-state index in [2.05, 4.69) is 0 Å². The summed E-state index contributed by atoms with van der Waals surface area (Å²) < 4.78 is 39.6. The number of aliphatic hydroxyl groups excluding tert-OH is 11. The van der Waals surface area contributed by atoms with Crippen LogP contribution in [0.15, 0.2) is 45.6 Å². The van der Waals surface area contributed by atoms with Gasteiger partial charge in [0.25, 0.3) is 0 Å². The number of phenolic OH excluding ortho intramolecular Hbond substituents is 2. The molecule has 0 amide bonds. The van der Waals surface area contributed by atoms with E-state index in [1.165, 1.54) is 24.3 Å². The van der Waals surface area contributed by atoms with Gasteiger partial charge in [-0.25, -0.2) is 0 Å². The van der Waals surface area contributed by atoms with Crippen molar-refractivity contribution >= 4 is 11.0 Å². The van der Waals surface area contributed by atoms with Crippen molar-refractivity contribution in [1.82, 2.24) is 0 Å². The zero-order valence-electron chi connectivity index (χ0n) is 27.8. The Hall–Kier alpha value is -3.75. The molecule has 0 bridgehead atoms.